The van der Waals surface area contributed by atoms with Crippen LogP contribution in [0.3, 0.4) is 0 Å². The van der Waals surface area contributed by atoms with Crippen molar-refractivity contribution in [2.24, 2.45) is 0 Å². The standard InChI is InChI=1S/C47H53ClN8O5/c48-40-29-49-47(52-44(40)33-8-4-7-32(27-33)31-5-2-1-3-6-31)50-35-13-23-55(24-14-35)43(58)19-22-53-20-15-36(16-21-53)54-25-17-37(18-26-54)61-38-9-10-39-34(28-38)30-56(46(39)60)41-11-12-42(57)51-45(41)59/h1-10,27-29,35-37,41H,11-26,30H2,(H,49,50,52)(H,51,57,59). The summed E-state index contributed by atoms with van der Waals surface area (Å²) in [4.78, 5) is 68.4. The number of carbonyl (C=O) groups is 4. The number of nitrogens with zero attached hydrogens (tertiary/aromatic N) is 6. The van der Waals surface area contributed by atoms with Crippen LogP contribution < -0.4 is 15.4 Å². The topological polar surface area (TPSA) is 140 Å². The number of hydrogen-bond donors (Lipinski definition) is 2. The van der Waals surface area contributed by atoms with Crippen LogP contribution in [-0.4, -0.2) is 123 Å². The van der Waals surface area contributed by atoms with E-state index in [9.17, 15) is 19.2 Å². The van der Waals surface area contributed by atoms with E-state index in [0.29, 0.717) is 60.7 Å². The number of rotatable bonds is 11. The first-order valence-electron chi connectivity index (χ1n) is 21.9. The van der Waals surface area contributed by atoms with Crippen LogP contribution in [0.15, 0.2) is 79.0 Å². The number of likely N-dealkylation sites (tertiary alicyclic amines) is 3. The number of carbonyl (C=O) groups excluding carboxylic acids is 4. The second kappa shape index (κ2) is 18.3. The van der Waals surface area contributed by atoms with Crippen LogP contribution >= 0.6 is 11.6 Å². The monoisotopic (exact) mass is 844 g/mol. The molecule has 1 unspecified atom stereocenters. The van der Waals surface area contributed by atoms with E-state index in [4.69, 9.17) is 21.3 Å². The molecule has 14 heteroatoms. The summed E-state index contributed by atoms with van der Waals surface area (Å²) in [6.07, 6.45) is 8.66. The molecule has 0 bridgehead atoms. The van der Waals surface area contributed by atoms with Crippen LogP contribution in [0.5, 0.6) is 5.75 Å². The molecule has 5 aliphatic rings. The SMILES string of the molecule is O=C1CCC(N2Cc3cc(OC4CCN(C5CCN(CCC(=O)N6CCC(Nc7ncc(Cl)c(-c8cccc(-c9ccccc9)c8)n7)CC6)CC5)CC4)ccc3C2=O)C(=O)N1. The molecular formula is C47H53ClN8O5. The van der Waals surface area contributed by atoms with E-state index >= 15 is 0 Å². The van der Waals surface area contributed by atoms with Gasteiger partial charge in [0.05, 0.1) is 16.9 Å². The molecule has 2 N–H and O–H groups in total. The van der Waals surface area contributed by atoms with E-state index in [0.717, 1.165) is 99.3 Å². The van der Waals surface area contributed by atoms with E-state index in [1.165, 1.54) is 0 Å². The Labute approximate surface area is 361 Å². The van der Waals surface area contributed by atoms with Gasteiger partial charge in [0.15, 0.2) is 0 Å². The number of hydrogen-bond acceptors (Lipinski definition) is 10. The highest BCUT2D eigenvalue weighted by Gasteiger charge is 2.39. The Bertz CT molecular complexity index is 2250. The van der Waals surface area contributed by atoms with Gasteiger partial charge in [-0.15, -0.1) is 0 Å². The minimum Gasteiger partial charge on any atom is -0.490 e. The van der Waals surface area contributed by atoms with E-state index in [-0.39, 0.29) is 36.3 Å². The maximum absolute atomic E-state index is 13.3. The van der Waals surface area contributed by atoms with Crippen molar-refractivity contribution in [1.82, 2.24) is 34.9 Å². The van der Waals surface area contributed by atoms with Crippen LogP contribution in [0.25, 0.3) is 22.4 Å². The second-order valence-corrected chi connectivity index (χ2v) is 17.4. The first kappa shape index (κ1) is 41.0. The predicted molar refractivity (Wildman–Crippen MR) is 233 cm³/mol. The van der Waals surface area contributed by atoms with E-state index in [1.807, 2.05) is 47.4 Å². The molecule has 1 aromatic heterocycles. The maximum atomic E-state index is 13.3. The number of imide groups is 1. The quantitative estimate of drug-likeness (QED) is 0.172. The highest BCUT2D eigenvalue weighted by atomic mass is 35.5. The fourth-order valence-corrected chi connectivity index (χ4v) is 9.87. The molecule has 9 rings (SSSR count). The maximum Gasteiger partial charge on any atom is 0.255 e. The normalized spacial score (nSPS) is 21.1. The smallest absolute Gasteiger partial charge is 0.255 e. The van der Waals surface area contributed by atoms with Crippen LogP contribution in [0, 0.1) is 0 Å². The van der Waals surface area contributed by atoms with Crippen LogP contribution in [-0.2, 0) is 20.9 Å². The Kier molecular flexibility index (Phi) is 12.3. The minimum absolute atomic E-state index is 0.108. The van der Waals surface area contributed by atoms with E-state index in [2.05, 4.69) is 49.7 Å². The Morgan fingerprint density at radius 1 is 0.820 bits per heavy atom. The Morgan fingerprint density at radius 2 is 1.57 bits per heavy atom. The summed E-state index contributed by atoms with van der Waals surface area (Å²) in [5.74, 6) is 0.669. The lowest BCUT2D eigenvalue weighted by Crippen LogP contribution is -2.52. The molecule has 4 amide bonds. The van der Waals surface area contributed by atoms with Gasteiger partial charge >= 0.3 is 0 Å². The van der Waals surface area contributed by atoms with Crippen LogP contribution in [0.4, 0.5) is 5.95 Å². The molecular weight excluding hydrogens is 792 g/mol. The molecule has 6 heterocycles. The van der Waals surface area contributed by atoms with Crippen molar-refractivity contribution >= 4 is 41.2 Å². The number of anilines is 1. The highest BCUT2D eigenvalue weighted by Crippen LogP contribution is 2.33. The summed E-state index contributed by atoms with van der Waals surface area (Å²) in [5, 5.41) is 6.37. The fourth-order valence-electron chi connectivity index (χ4n) is 9.67. The lowest BCUT2D eigenvalue weighted by Gasteiger charge is -2.42. The third-order valence-electron chi connectivity index (χ3n) is 13.2. The number of fused-ring (bicyclic) bond motifs is 1. The largest absolute Gasteiger partial charge is 0.490 e. The predicted octanol–water partition coefficient (Wildman–Crippen LogP) is 6.03. The molecule has 0 saturated carbocycles. The van der Waals surface area contributed by atoms with Crippen LogP contribution in [0.1, 0.15) is 73.7 Å². The van der Waals surface area contributed by atoms with Crippen molar-refractivity contribution in [1.29, 1.82) is 0 Å². The third-order valence-corrected chi connectivity index (χ3v) is 13.4. The molecule has 318 valence electrons. The molecule has 4 fully saturated rings. The second-order valence-electron chi connectivity index (χ2n) is 17.0. The number of halogens is 1. The zero-order valence-corrected chi connectivity index (χ0v) is 35.2. The molecule has 5 aliphatic heterocycles. The summed E-state index contributed by atoms with van der Waals surface area (Å²) < 4.78 is 6.42. The van der Waals surface area contributed by atoms with Crippen molar-refractivity contribution in [3.05, 3.63) is 95.1 Å². The molecule has 0 spiro atoms. The number of nitrogens with one attached hydrogen (secondary N) is 2. The zero-order chi connectivity index (χ0) is 41.9. The lowest BCUT2D eigenvalue weighted by atomic mass is 9.98. The fraction of sp³-hybridized carbons (Fsp3) is 0.447. The number of piperidine rings is 4. The van der Waals surface area contributed by atoms with Gasteiger partial charge in [0, 0.05) is 75.3 Å². The molecule has 0 aliphatic carbocycles. The van der Waals surface area contributed by atoms with Gasteiger partial charge in [-0.25, -0.2) is 9.97 Å². The van der Waals surface area contributed by atoms with Crippen molar-refractivity contribution < 1.29 is 23.9 Å². The van der Waals surface area contributed by atoms with Crippen molar-refractivity contribution in [3.63, 3.8) is 0 Å². The molecule has 3 aromatic carbocycles. The summed E-state index contributed by atoms with van der Waals surface area (Å²) in [6.45, 7) is 6.55. The minimum atomic E-state index is -0.623. The van der Waals surface area contributed by atoms with Crippen molar-refractivity contribution in [3.8, 4) is 28.1 Å². The highest BCUT2D eigenvalue weighted by molar-refractivity contribution is 6.33. The van der Waals surface area contributed by atoms with Gasteiger partial charge in [-0.1, -0.05) is 60.1 Å². The first-order chi connectivity index (χ1) is 29.7. The van der Waals surface area contributed by atoms with Gasteiger partial charge < -0.3 is 29.7 Å². The van der Waals surface area contributed by atoms with Crippen molar-refractivity contribution in [2.75, 3.05) is 51.1 Å². The number of amides is 4. The third kappa shape index (κ3) is 9.44. The molecule has 4 aromatic rings. The van der Waals surface area contributed by atoms with Gasteiger partial charge in [0.2, 0.25) is 23.7 Å². The molecule has 1 atom stereocenters. The van der Waals surface area contributed by atoms with Crippen LogP contribution in [0.2, 0.25) is 5.02 Å². The summed E-state index contributed by atoms with van der Waals surface area (Å²) in [5.41, 5.74) is 5.32. The number of aromatic nitrogens is 2. The van der Waals surface area contributed by atoms with Gasteiger partial charge in [0.1, 0.15) is 17.9 Å². The molecule has 61 heavy (non-hydrogen) atoms. The van der Waals surface area contributed by atoms with Gasteiger partial charge in [0.25, 0.3) is 5.91 Å². The Hall–Kier alpha value is -5.37. The summed E-state index contributed by atoms with van der Waals surface area (Å²) in [7, 11) is 0. The molecule has 13 nitrogen and oxygen atoms in total. The first-order valence-corrected chi connectivity index (χ1v) is 22.3. The lowest BCUT2D eigenvalue weighted by molar-refractivity contribution is -0.137. The number of ether oxygens (including phenoxy) is 1. The number of benzene rings is 3. The Morgan fingerprint density at radius 3 is 2.34 bits per heavy atom. The van der Waals surface area contributed by atoms with E-state index in [1.54, 1.807) is 17.2 Å². The summed E-state index contributed by atoms with van der Waals surface area (Å²) in [6, 6.07) is 24.2. The van der Waals surface area contributed by atoms with Gasteiger partial charge in [-0.05, 0) is 99.0 Å². The zero-order valence-electron chi connectivity index (χ0n) is 34.4. The summed E-state index contributed by atoms with van der Waals surface area (Å²) >= 11 is 6.59. The van der Waals surface area contributed by atoms with Crippen molar-refractivity contribution in [2.45, 2.75) is 88.6 Å². The average Bonchev–Trinajstić information content (AvgIpc) is 3.61. The van der Waals surface area contributed by atoms with Gasteiger partial charge in [-0.3, -0.25) is 24.5 Å². The van der Waals surface area contributed by atoms with E-state index < -0.39 is 11.9 Å². The van der Waals surface area contributed by atoms with Gasteiger partial charge in [-0.2, -0.15) is 0 Å². The average molecular weight is 845 g/mol. The molecule has 0 radical (unpaired) electrons. The molecule has 4 saturated heterocycles. The Balaban J connectivity index is 0.675.